The average Bonchev–Trinajstić information content (AvgIpc) is 1.89. The highest BCUT2D eigenvalue weighted by molar-refractivity contribution is 5.83. The molecule has 0 N–H and O–H groups in total. The van der Waals surface area contributed by atoms with E-state index in [1.807, 2.05) is 6.92 Å². The van der Waals surface area contributed by atoms with E-state index in [4.69, 9.17) is 4.74 Å². The Kier molecular flexibility index (Phi) is 4.37. The monoisotopic (exact) mass is 143 g/mol. The minimum atomic E-state index is -1.25. The molecule has 0 aromatic rings. The zero-order valence-corrected chi connectivity index (χ0v) is 6.22. The summed E-state index contributed by atoms with van der Waals surface area (Å²) in [4.78, 5) is 10.1. The molecule has 0 fully saturated rings. The molecule has 0 saturated heterocycles. The normalized spacial score (nSPS) is 11.2. The van der Waals surface area contributed by atoms with E-state index in [0.717, 1.165) is 6.42 Å². The molecule has 10 heavy (non-hydrogen) atoms. The molecular weight excluding hydrogens is 132 g/mol. The van der Waals surface area contributed by atoms with E-state index in [1.54, 1.807) is 6.92 Å². The molecule has 0 amide bonds. The molecule has 1 radical (unpaired) electrons. The smallest absolute Gasteiger partial charge is 0.420 e. The lowest BCUT2D eigenvalue weighted by molar-refractivity contribution is -0.142. The van der Waals surface area contributed by atoms with E-state index in [-0.39, 0.29) is 5.76 Å². The second-order valence-electron chi connectivity index (χ2n) is 1.79. The van der Waals surface area contributed by atoms with Gasteiger partial charge in [-0.15, -0.1) is 0 Å². The molecule has 3 nitrogen and oxygen atoms in total. The molecule has 0 unspecified atom stereocenters. The SMILES string of the molecule is C/C=C(/OCCC)C([O])=O. The molecule has 3 heteroatoms. The van der Waals surface area contributed by atoms with E-state index in [1.165, 1.54) is 6.08 Å². The number of allylic oxidation sites excluding steroid dienone is 1. The van der Waals surface area contributed by atoms with E-state index in [0.29, 0.717) is 6.61 Å². The minimum absolute atomic E-state index is 0.0816. The standard InChI is InChI=1S/C7H11O3/c1-3-5-10-6(4-2)7(8)9/h4H,3,5H2,1-2H3/b6-4+. The van der Waals surface area contributed by atoms with Crippen LogP contribution < -0.4 is 0 Å². The zero-order chi connectivity index (χ0) is 7.98. The maximum absolute atomic E-state index is 10.1. The first-order valence-corrected chi connectivity index (χ1v) is 3.22. The Balaban J connectivity index is 3.74. The third-order valence-corrected chi connectivity index (χ3v) is 0.925. The topological polar surface area (TPSA) is 46.2 Å². The lowest BCUT2D eigenvalue weighted by Gasteiger charge is -2.00. The molecule has 0 aliphatic heterocycles. The number of rotatable bonds is 4. The second kappa shape index (κ2) is 4.85. The molecule has 0 bridgehead atoms. The summed E-state index contributed by atoms with van der Waals surface area (Å²) in [7, 11) is 0. The van der Waals surface area contributed by atoms with Crippen LogP contribution in [0.3, 0.4) is 0 Å². The van der Waals surface area contributed by atoms with Gasteiger partial charge >= 0.3 is 5.97 Å². The number of carbonyl (C=O) groups is 1. The van der Waals surface area contributed by atoms with Crippen molar-refractivity contribution in [2.75, 3.05) is 6.61 Å². The van der Waals surface area contributed by atoms with Gasteiger partial charge in [0, 0.05) is 0 Å². The second-order valence-corrected chi connectivity index (χ2v) is 1.79. The van der Waals surface area contributed by atoms with Crippen LogP contribution in [0.2, 0.25) is 0 Å². The zero-order valence-electron chi connectivity index (χ0n) is 6.22. The summed E-state index contributed by atoms with van der Waals surface area (Å²) in [5.74, 6) is -1.34. The number of hydrogen-bond donors (Lipinski definition) is 0. The van der Waals surface area contributed by atoms with Crippen LogP contribution in [0, 0.1) is 0 Å². The van der Waals surface area contributed by atoms with Crippen LogP contribution in [0.15, 0.2) is 11.8 Å². The Morgan fingerprint density at radius 1 is 1.60 bits per heavy atom. The van der Waals surface area contributed by atoms with Crippen molar-refractivity contribution in [3.8, 4) is 0 Å². The highest BCUT2D eigenvalue weighted by atomic mass is 16.5. The number of carbonyl (C=O) groups excluding carboxylic acids is 1. The van der Waals surface area contributed by atoms with Crippen LogP contribution in [-0.4, -0.2) is 12.6 Å². The molecule has 0 aliphatic carbocycles. The van der Waals surface area contributed by atoms with Crippen LogP contribution in [0.25, 0.3) is 0 Å². The van der Waals surface area contributed by atoms with Crippen LogP contribution in [0.1, 0.15) is 20.3 Å². The van der Waals surface area contributed by atoms with Gasteiger partial charge in [0.15, 0.2) is 0 Å². The van der Waals surface area contributed by atoms with Gasteiger partial charge < -0.3 is 4.74 Å². The van der Waals surface area contributed by atoms with Crippen molar-refractivity contribution < 1.29 is 14.6 Å². The third kappa shape index (κ3) is 3.12. The summed E-state index contributed by atoms with van der Waals surface area (Å²) >= 11 is 0. The van der Waals surface area contributed by atoms with Crippen molar-refractivity contribution in [1.29, 1.82) is 0 Å². The first kappa shape index (κ1) is 9.01. The molecule has 0 aromatic carbocycles. The fourth-order valence-corrected chi connectivity index (χ4v) is 0.472. The minimum Gasteiger partial charge on any atom is -0.487 e. The van der Waals surface area contributed by atoms with Gasteiger partial charge in [0.25, 0.3) is 0 Å². The highest BCUT2D eigenvalue weighted by Gasteiger charge is 2.07. The Labute approximate surface area is 60.3 Å². The Bertz CT molecular complexity index is 138. The van der Waals surface area contributed by atoms with E-state index in [9.17, 15) is 9.90 Å². The Hall–Kier alpha value is -0.990. The fourth-order valence-electron chi connectivity index (χ4n) is 0.472. The van der Waals surface area contributed by atoms with Crippen LogP contribution in [0.5, 0.6) is 0 Å². The molecule has 0 spiro atoms. The maximum Gasteiger partial charge on any atom is 0.420 e. The maximum atomic E-state index is 10.1. The van der Waals surface area contributed by atoms with Gasteiger partial charge in [0.1, 0.15) is 0 Å². The van der Waals surface area contributed by atoms with Crippen molar-refractivity contribution >= 4 is 5.97 Å². The van der Waals surface area contributed by atoms with E-state index in [2.05, 4.69) is 0 Å². The molecule has 0 rings (SSSR count). The van der Waals surface area contributed by atoms with Crippen molar-refractivity contribution in [1.82, 2.24) is 0 Å². The number of ether oxygens (including phenoxy) is 1. The molecule has 0 atom stereocenters. The largest absolute Gasteiger partial charge is 0.487 e. The van der Waals surface area contributed by atoms with Gasteiger partial charge in [-0.3, -0.25) is 0 Å². The van der Waals surface area contributed by atoms with Crippen molar-refractivity contribution in [3.63, 3.8) is 0 Å². The van der Waals surface area contributed by atoms with Gasteiger partial charge in [-0.05, 0) is 19.4 Å². The van der Waals surface area contributed by atoms with Crippen LogP contribution >= 0.6 is 0 Å². The summed E-state index contributed by atoms with van der Waals surface area (Å²) in [5.41, 5.74) is 0. The van der Waals surface area contributed by atoms with Crippen molar-refractivity contribution in [2.45, 2.75) is 20.3 Å². The quantitative estimate of drug-likeness (QED) is 0.439. The lowest BCUT2D eigenvalue weighted by atomic mass is 10.4. The summed E-state index contributed by atoms with van der Waals surface area (Å²) in [6, 6.07) is 0. The van der Waals surface area contributed by atoms with Gasteiger partial charge in [0.2, 0.25) is 5.76 Å². The Morgan fingerprint density at radius 3 is 2.50 bits per heavy atom. The Morgan fingerprint density at radius 2 is 2.20 bits per heavy atom. The molecule has 0 saturated carbocycles. The molecule has 0 heterocycles. The third-order valence-electron chi connectivity index (χ3n) is 0.925. The highest BCUT2D eigenvalue weighted by Crippen LogP contribution is 1.97. The molecule has 57 valence electrons. The van der Waals surface area contributed by atoms with E-state index >= 15 is 0 Å². The lowest BCUT2D eigenvalue weighted by Crippen LogP contribution is -2.03. The van der Waals surface area contributed by atoms with E-state index < -0.39 is 5.97 Å². The molecule has 0 aliphatic rings. The fraction of sp³-hybridized carbons (Fsp3) is 0.571. The van der Waals surface area contributed by atoms with Crippen LogP contribution in [-0.2, 0) is 14.6 Å². The number of hydrogen-bond acceptors (Lipinski definition) is 2. The average molecular weight is 143 g/mol. The first-order valence-electron chi connectivity index (χ1n) is 3.22. The van der Waals surface area contributed by atoms with Crippen molar-refractivity contribution in [2.24, 2.45) is 0 Å². The summed E-state index contributed by atoms with van der Waals surface area (Å²) in [6.07, 6.45) is 2.18. The predicted molar refractivity (Wildman–Crippen MR) is 35.7 cm³/mol. The predicted octanol–water partition coefficient (Wildman–Crippen LogP) is 1.27. The van der Waals surface area contributed by atoms with Crippen molar-refractivity contribution in [3.05, 3.63) is 11.8 Å². The summed E-state index contributed by atoms with van der Waals surface area (Å²) in [5, 5.41) is 10.1. The summed E-state index contributed by atoms with van der Waals surface area (Å²) in [6.45, 7) is 3.93. The summed E-state index contributed by atoms with van der Waals surface area (Å²) < 4.78 is 4.80. The van der Waals surface area contributed by atoms with Gasteiger partial charge in [-0.25, -0.2) is 9.90 Å². The first-order chi connectivity index (χ1) is 4.72. The van der Waals surface area contributed by atoms with Crippen LogP contribution in [0.4, 0.5) is 0 Å². The molecule has 0 aromatic heterocycles. The van der Waals surface area contributed by atoms with Gasteiger partial charge in [0.05, 0.1) is 6.61 Å². The molecular formula is C7H11O3. The van der Waals surface area contributed by atoms with Gasteiger partial charge in [-0.1, -0.05) is 6.92 Å². The van der Waals surface area contributed by atoms with Gasteiger partial charge in [-0.2, -0.15) is 0 Å².